The lowest BCUT2D eigenvalue weighted by atomic mass is 9.98. The molecule has 6 nitrogen and oxygen atoms in total. The first-order valence-corrected chi connectivity index (χ1v) is 8.44. The molecule has 1 aromatic rings. The average molecular weight is 347 g/mol. The highest BCUT2D eigenvalue weighted by Gasteiger charge is 2.28. The van der Waals surface area contributed by atoms with Gasteiger partial charge in [-0.25, -0.2) is 0 Å². The second kappa shape index (κ2) is 9.11. The quantitative estimate of drug-likeness (QED) is 0.584. The average Bonchev–Trinajstić information content (AvgIpc) is 2.66. The first-order valence-electron chi connectivity index (χ1n) is 8.44. The number of likely N-dealkylation sites (tertiary alicyclic amines) is 1. The minimum absolute atomic E-state index is 0.126. The third kappa shape index (κ3) is 4.98. The molecular weight excluding hydrogens is 322 g/mol. The van der Waals surface area contributed by atoms with E-state index in [4.69, 9.17) is 14.2 Å². The van der Waals surface area contributed by atoms with Crippen LogP contribution in [0.25, 0.3) is 6.08 Å². The Balaban J connectivity index is 2.06. The Kier molecular flexibility index (Phi) is 6.86. The Hall–Kier alpha value is -2.50. The lowest BCUT2D eigenvalue weighted by molar-refractivity contribution is -0.150. The van der Waals surface area contributed by atoms with Gasteiger partial charge in [-0.3, -0.25) is 9.59 Å². The third-order valence-corrected chi connectivity index (χ3v) is 4.20. The largest absolute Gasteiger partial charge is 0.497 e. The molecule has 2 rings (SSSR count). The number of carbonyl (C=O) groups excluding carboxylic acids is 2. The predicted molar refractivity (Wildman–Crippen MR) is 94.5 cm³/mol. The first-order chi connectivity index (χ1) is 12.1. The van der Waals surface area contributed by atoms with Crippen LogP contribution in [-0.2, 0) is 14.3 Å². The highest BCUT2D eigenvalue weighted by atomic mass is 16.5. The van der Waals surface area contributed by atoms with Crippen LogP contribution in [0, 0.1) is 5.92 Å². The van der Waals surface area contributed by atoms with Gasteiger partial charge in [0.1, 0.15) is 11.5 Å². The van der Waals surface area contributed by atoms with E-state index in [2.05, 4.69) is 0 Å². The predicted octanol–water partition coefficient (Wildman–Crippen LogP) is 2.52. The van der Waals surface area contributed by atoms with Crippen LogP contribution in [0.1, 0.15) is 25.3 Å². The van der Waals surface area contributed by atoms with Gasteiger partial charge >= 0.3 is 5.97 Å². The van der Waals surface area contributed by atoms with Crippen LogP contribution >= 0.6 is 0 Å². The molecule has 0 saturated carbocycles. The number of benzene rings is 1. The molecular formula is C19H25NO5. The highest BCUT2D eigenvalue weighted by molar-refractivity contribution is 5.92. The van der Waals surface area contributed by atoms with E-state index in [0.717, 1.165) is 18.4 Å². The van der Waals surface area contributed by atoms with E-state index in [1.54, 1.807) is 50.3 Å². The summed E-state index contributed by atoms with van der Waals surface area (Å²) in [5.41, 5.74) is 0.758. The van der Waals surface area contributed by atoms with E-state index in [-0.39, 0.29) is 17.8 Å². The van der Waals surface area contributed by atoms with Crippen LogP contribution in [0.5, 0.6) is 11.5 Å². The molecule has 1 fully saturated rings. The maximum absolute atomic E-state index is 12.5. The normalized spacial score (nSPS) is 17.4. The van der Waals surface area contributed by atoms with Crippen molar-refractivity contribution in [2.75, 3.05) is 33.9 Å². The minimum atomic E-state index is -0.239. The van der Waals surface area contributed by atoms with E-state index in [1.165, 1.54) is 6.08 Å². The fourth-order valence-electron chi connectivity index (χ4n) is 2.87. The van der Waals surface area contributed by atoms with Crippen LogP contribution in [0.4, 0.5) is 0 Å². The van der Waals surface area contributed by atoms with Gasteiger partial charge in [0.2, 0.25) is 5.91 Å². The fourth-order valence-corrected chi connectivity index (χ4v) is 2.87. The minimum Gasteiger partial charge on any atom is -0.497 e. The summed E-state index contributed by atoms with van der Waals surface area (Å²) in [4.78, 5) is 26.0. The molecule has 1 heterocycles. The highest BCUT2D eigenvalue weighted by Crippen LogP contribution is 2.25. The van der Waals surface area contributed by atoms with Gasteiger partial charge in [0, 0.05) is 24.7 Å². The Morgan fingerprint density at radius 1 is 1.28 bits per heavy atom. The van der Waals surface area contributed by atoms with Crippen molar-refractivity contribution in [3.63, 3.8) is 0 Å². The summed E-state index contributed by atoms with van der Waals surface area (Å²) in [5.74, 6) is 0.760. The number of carbonyl (C=O) groups is 2. The zero-order chi connectivity index (χ0) is 18.2. The molecule has 1 aliphatic heterocycles. The number of nitrogens with zero attached hydrogens (tertiary/aromatic N) is 1. The van der Waals surface area contributed by atoms with Crippen LogP contribution in [0.3, 0.4) is 0 Å². The van der Waals surface area contributed by atoms with E-state index >= 15 is 0 Å². The smallest absolute Gasteiger partial charge is 0.310 e. The summed E-state index contributed by atoms with van der Waals surface area (Å²) in [7, 11) is 3.17. The molecule has 6 heteroatoms. The van der Waals surface area contributed by atoms with Crippen LogP contribution < -0.4 is 9.47 Å². The maximum atomic E-state index is 12.5. The van der Waals surface area contributed by atoms with Crippen molar-refractivity contribution >= 4 is 18.0 Å². The third-order valence-electron chi connectivity index (χ3n) is 4.20. The zero-order valence-electron chi connectivity index (χ0n) is 15.0. The van der Waals surface area contributed by atoms with Crippen molar-refractivity contribution in [3.8, 4) is 11.5 Å². The number of methoxy groups -OCH3 is 2. The number of amides is 1. The molecule has 1 aromatic carbocycles. The molecule has 1 saturated heterocycles. The van der Waals surface area contributed by atoms with Crippen molar-refractivity contribution in [1.82, 2.24) is 4.90 Å². The van der Waals surface area contributed by atoms with Crippen molar-refractivity contribution in [3.05, 3.63) is 29.8 Å². The summed E-state index contributed by atoms with van der Waals surface area (Å²) in [6.07, 6.45) is 4.77. The number of esters is 1. The molecule has 136 valence electrons. The standard InChI is InChI=1S/C19H25NO5/c1-4-25-19(22)15-6-5-11-20(13-15)18(21)10-7-14-12-16(23-2)8-9-17(14)24-3/h7-10,12,15H,4-6,11,13H2,1-3H3. The molecule has 0 bridgehead atoms. The second-order valence-electron chi connectivity index (χ2n) is 5.82. The number of ether oxygens (including phenoxy) is 3. The number of rotatable bonds is 6. The van der Waals surface area contributed by atoms with Gasteiger partial charge < -0.3 is 19.1 Å². The number of hydrogen-bond donors (Lipinski definition) is 0. The van der Waals surface area contributed by atoms with Crippen molar-refractivity contribution in [1.29, 1.82) is 0 Å². The number of hydrogen-bond acceptors (Lipinski definition) is 5. The molecule has 0 aliphatic carbocycles. The molecule has 0 N–H and O–H groups in total. The summed E-state index contributed by atoms with van der Waals surface area (Å²) in [6.45, 7) is 3.19. The molecule has 25 heavy (non-hydrogen) atoms. The van der Waals surface area contributed by atoms with Gasteiger partial charge in [-0.15, -0.1) is 0 Å². The molecule has 1 aliphatic rings. The number of piperidine rings is 1. The molecule has 1 atom stereocenters. The van der Waals surface area contributed by atoms with Gasteiger partial charge in [0.25, 0.3) is 0 Å². The second-order valence-corrected chi connectivity index (χ2v) is 5.82. The van der Waals surface area contributed by atoms with Gasteiger partial charge in [-0.2, -0.15) is 0 Å². The molecule has 1 unspecified atom stereocenters. The Morgan fingerprint density at radius 3 is 2.76 bits per heavy atom. The maximum Gasteiger partial charge on any atom is 0.310 e. The van der Waals surface area contributed by atoms with Crippen molar-refractivity contribution < 1.29 is 23.8 Å². The molecule has 0 aromatic heterocycles. The SMILES string of the molecule is CCOC(=O)C1CCCN(C(=O)C=Cc2cc(OC)ccc2OC)C1. The summed E-state index contributed by atoms with van der Waals surface area (Å²) in [5, 5.41) is 0. The Labute approximate surface area is 148 Å². The summed E-state index contributed by atoms with van der Waals surface area (Å²) < 4.78 is 15.6. The van der Waals surface area contributed by atoms with Crippen LogP contribution in [-0.4, -0.2) is 50.7 Å². The summed E-state index contributed by atoms with van der Waals surface area (Å²) >= 11 is 0. The van der Waals surface area contributed by atoms with Gasteiger partial charge in [0.15, 0.2) is 0 Å². The van der Waals surface area contributed by atoms with Crippen LogP contribution in [0.2, 0.25) is 0 Å². The first kappa shape index (κ1) is 18.8. The monoisotopic (exact) mass is 347 g/mol. The topological polar surface area (TPSA) is 65.1 Å². The summed E-state index contributed by atoms with van der Waals surface area (Å²) in [6, 6.07) is 5.40. The van der Waals surface area contributed by atoms with E-state index < -0.39 is 0 Å². The Morgan fingerprint density at radius 2 is 2.08 bits per heavy atom. The van der Waals surface area contributed by atoms with Gasteiger partial charge in [0.05, 0.1) is 26.7 Å². The van der Waals surface area contributed by atoms with Gasteiger partial charge in [-0.05, 0) is 44.0 Å². The lowest BCUT2D eigenvalue weighted by Crippen LogP contribution is -2.42. The van der Waals surface area contributed by atoms with Crippen molar-refractivity contribution in [2.24, 2.45) is 5.92 Å². The van der Waals surface area contributed by atoms with Crippen molar-refractivity contribution in [2.45, 2.75) is 19.8 Å². The molecule has 1 amide bonds. The zero-order valence-corrected chi connectivity index (χ0v) is 15.0. The fraction of sp³-hybridized carbons (Fsp3) is 0.474. The van der Waals surface area contributed by atoms with E-state index in [0.29, 0.717) is 31.2 Å². The van der Waals surface area contributed by atoms with E-state index in [9.17, 15) is 9.59 Å². The molecule has 0 radical (unpaired) electrons. The van der Waals surface area contributed by atoms with E-state index in [1.807, 2.05) is 0 Å². The Bertz CT molecular complexity index is 641. The molecule has 0 spiro atoms. The van der Waals surface area contributed by atoms with Gasteiger partial charge in [-0.1, -0.05) is 0 Å². The lowest BCUT2D eigenvalue weighted by Gasteiger charge is -2.30. The van der Waals surface area contributed by atoms with Crippen LogP contribution in [0.15, 0.2) is 24.3 Å².